The van der Waals surface area contributed by atoms with E-state index in [0.717, 1.165) is 0 Å². The molecular weight excluding hydrogens is 261 g/mol. The van der Waals surface area contributed by atoms with Crippen molar-refractivity contribution in [1.29, 1.82) is 0 Å². The zero-order valence-electron chi connectivity index (χ0n) is 16.2. The van der Waals surface area contributed by atoms with Gasteiger partial charge in [0, 0.05) is 18.9 Å². The molecular formula is C20H43LiN. The van der Waals surface area contributed by atoms with E-state index in [0.29, 0.717) is 0 Å². The first-order chi connectivity index (χ1) is 10.4. The van der Waals surface area contributed by atoms with E-state index in [-0.39, 0.29) is 18.9 Å². The standard InChI is InChI=1S/C20H43N.Li/c1-3-5-7-9-11-13-15-17-19-21-20-18-16-14-12-10-8-6-4-2;/h21H,3-20H2,1-2H3;. The van der Waals surface area contributed by atoms with Gasteiger partial charge in [-0.2, -0.15) is 0 Å². The third-order valence-corrected chi connectivity index (χ3v) is 4.41. The third-order valence-electron chi connectivity index (χ3n) is 4.41. The molecule has 0 aliphatic rings. The fraction of sp³-hybridized carbons (Fsp3) is 1.00. The molecule has 0 heterocycles. The van der Waals surface area contributed by atoms with Gasteiger partial charge in [-0.3, -0.25) is 0 Å². The molecule has 0 bridgehead atoms. The topological polar surface area (TPSA) is 12.0 Å². The van der Waals surface area contributed by atoms with Crippen molar-refractivity contribution in [2.24, 2.45) is 0 Å². The second-order valence-corrected chi connectivity index (χ2v) is 6.70. The van der Waals surface area contributed by atoms with Gasteiger partial charge in [0.2, 0.25) is 0 Å². The maximum Gasteiger partial charge on any atom is 0 e. The molecule has 0 aromatic heterocycles. The zero-order chi connectivity index (χ0) is 15.4. The van der Waals surface area contributed by atoms with Crippen molar-refractivity contribution in [1.82, 2.24) is 5.32 Å². The predicted molar refractivity (Wildman–Crippen MR) is 104 cm³/mol. The quantitative estimate of drug-likeness (QED) is 0.226. The van der Waals surface area contributed by atoms with Crippen LogP contribution in [0.3, 0.4) is 0 Å². The molecule has 0 fully saturated rings. The van der Waals surface area contributed by atoms with Crippen LogP contribution in [-0.2, 0) is 0 Å². The zero-order valence-corrected chi connectivity index (χ0v) is 16.2. The van der Waals surface area contributed by atoms with Crippen molar-refractivity contribution < 1.29 is 0 Å². The van der Waals surface area contributed by atoms with Crippen LogP contribution >= 0.6 is 0 Å². The Bertz CT molecular complexity index is 155. The van der Waals surface area contributed by atoms with Crippen LogP contribution in [0.5, 0.6) is 0 Å². The van der Waals surface area contributed by atoms with Gasteiger partial charge in [-0.05, 0) is 25.9 Å². The number of hydrogen-bond donors (Lipinski definition) is 1. The minimum Gasteiger partial charge on any atom is -0.317 e. The number of hydrogen-bond acceptors (Lipinski definition) is 1. The molecule has 0 atom stereocenters. The van der Waals surface area contributed by atoms with Gasteiger partial charge in [-0.25, -0.2) is 0 Å². The van der Waals surface area contributed by atoms with Gasteiger partial charge in [-0.1, -0.05) is 104 Å². The average molecular weight is 305 g/mol. The van der Waals surface area contributed by atoms with Crippen LogP contribution in [0.4, 0.5) is 0 Å². The molecule has 1 N–H and O–H groups in total. The molecule has 0 aromatic rings. The second kappa shape index (κ2) is 23.8. The summed E-state index contributed by atoms with van der Waals surface area (Å²) in [7, 11) is 0. The van der Waals surface area contributed by atoms with Gasteiger partial charge in [0.15, 0.2) is 0 Å². The van der Waals surface area contributed by atoms with Crippen molar-refractivity contribution in [3.8, 4) is 0 Å². The fourth-order valence-corrected chi connectivity index (χ4v) is 2.89. The van der Waals surface area contributed by atoms with Crippen LogP contribution in [0.2, 0.25) is 0 Å². The van der Waals surface area contributed by atoms with Crippen molar-refractivity contribution in [2.45, 2.75) is 117 Å². The van der Waals surface area contributed by atoms with E-state index < -0.39 is 0 Å². The number of rotatable bonds is 18. The molecule has 0 aliphatic heterocycles. The molecule has 22 heavy (non-hydrogen) atoms. The summed E-state index contributed by atoms with van der Waals surface area (Å²) >= 11 is 0. The number of nitrogens with one attached hydrogen (secondary N) is 1. The van der Waals surface area contributed by atoms with Gasteiger partial charge in [0.1, 0.15) is 0 Å². The molecule has 2 heteroatoms. The van der Waals surface area contributed by atoms with E-state index in [2.05, 4.69) is 19.2 Å². The maximum absolute atomic E-state index is 3.61. The molecule has 0 spiro atoms. The van der Waals surface area contributed by atoms with E-state index in [1.165, 1.54) is 116 Å². The second-order valence-electron chi connectivity index (χ2n) is 6.70. The van der Waals surface area contributed by atoms with E-state index in [1.807, 2.05) is 0 Å². The van der Waals surface area contributed by atoms with Gasteiger partial charge in [0.25, 0.3) is 0 Å². The first-order valence-corrected chi connectivity index (χ1v) is 10.1. The predicted octanol–water partition coefficient (Wildman–Crippen LogP) is 6.48. The van der Waals surface area contributed by atoms with Crippen LogP contribution in [0, 0.1) is 0 Å². The molecule has 0 saturated heterocycles. The van der Waals surface area contributed by atoms with E-state index in [1.54, 1.807) is 0 Å². The molecule has 0 unspecified atom stereocenters. The molecule has 0 aromatic carbocycles. The maximum atomic E-state index is 3.61. The molecule has 0 amide bonds. The van der Waals surface area contributed by atoms with Crippen LogP contribution in [0.25, 0.3) is 0 Å². The van der Waals surface area contributed by atoms with Gasteiger partial charge < -0.3 is 5.32 Å². The van der Waals surface area contributed by atoms with Gasteiger partial charge in [0.05, 0.1) is 0 Å². The van der Waals surface area contributed by atoms with Crippen molar-refractivity contribution in [2.75, 3.05) is 13.1 Å². The molecule has 0 aliphatic carbocycles. The summed E-state index contributed by atoms with van der Waals surface area (Å²) in [4.78, 5) is 0. The molecule has 1 nitrogen and oxygen atoms in total. The fourth-order valence-electron chi connectivity index (χ4n) is 2.89. The molecule has 1 radical (unpaired) electrons. The smallest absolute Gasteiger partial charge is 0 e. The Labute approximate surface area is 154 Å². The summed E-state index contributed by atoms with van der Waals surface area (Å²) in [6.45, 7) is 7.06. The van der Waals surface area contributed by atoms with Crippen molar-refractivity contribution in [3.05, 3.63) is 0 Å². The summed E-state index contributed by atoms with van der Waals surface area (Å²) in [6.07, 6.45) is 22.8. The van der Waals surface area contributed by atoms with Crippen LogP contribution < -0.4 is 5.32 Å². The van der Waals surface area contributed by atoms with Crippen molar-refractivity contribution >= 4 is 18.9 Å². The van der Waals surface area contributed by atoms with Crippen LogP contribution in [0.15, 0.2) is 0 Å². The van der Waals surface area contributed by atoms with Crippen LogP contribution in [0.1, 0.15) is 117 Å². The molecule has 0 rings (SSSR count). The first-order valence-electron chi connectivity index (χ1n) is 10.1. The van der Waals surface area contributed by atoms with Crippen LogP contribution in [-0.4, -0.2) is 32.0 Å². The Kier molecular flexibility index (Phi) is 26.9. The Hall–Kier alpha value is 0.557. The summed E-state index contributed by atoms with van der Waals surface area (Å²) < 4.78 is 0. The van der Waals surface area contributed by atoms with Gasteiger partial charge >= 0.3 is 0 Å². The SMILES string of the molecule is CCCCCCCCCCNCCCCCCCCCC.[Li]. The minimum atomic E-state index is 0. The largest absolute Gasteiger partial charge is 0.317 e. The summed E-state index contributed by atoms with van der Waals surface area (Å²) in [6, 6.07) is 0. The molecule has 129 valence electrons. The summed E-state index contributed by atoms with van der Waals surface area (Å²) in [5, 5.41) is 3.61. The van der Waals surface area contributed by atoms with E-state index >= 15 is 0 Å². The normalized spacial score (nSPS) is 10.6. The molecule has 0 saturated carbocycles. The van der Waals surface area contributed by atoms with Crippen molar-refractivity contribution in [3.63, 3.8) is 0 Å². The average Bonchev–Trinajstić information content (AvgIpc) is 2.50. The monoisotopic (exact) mass is 304 g/mol. The third kappa shape index (κ3) is 22.8. The minimum absolute atomic E-state index is 0. The van der Waals surface area contributed by atoms with Gasteiger partial charge in [-0.15, -0.1) is 0 Å². The Morgan fingerprint density at radius 1 is 0.409 bits per heavy atom. The van der Waals surface area contributed by atoms with E-state index in [4.69, 9.17) is 0 Å². The summed E-state index contributed by atoms with van der Waals surface area (Å²) in [5.74, 6) is 0. The summed E-state index contributed by atoms with van der Waals surface area (Å²) in [5.41, 5.74) is 0. The Balaban J connectivity index is 0. The number of unbranched alkanes of at least 4 members (excludes halogenated alkanes) is 14. The van der Waals surface area contributed by atoms with E-state index in [9.17, 15) is 0 Å². The Morgan fingerprint density at radius 2 is 0.682 bits per heavy atom. The first kappa shape index (κ1) is 24.8. The Morgan fingerprint density at radius 3 is 1.00 bits per heavy atom.